The van der Waals surface area contributed by atoms with Crippen molar-refractivity contribution in [2.45, 2.75) is 25.7 Å². The Morgan fingerprint density at radius 3 is 2.67 bits per heavy atom. The van der Waals surface area contributed by atoms with Gasteiger partial charge in [0.25, 0.3) is 0 Å². The van der Waals surface area contributed by atoms with E-state index in [1.807, 2.05) is 0 Å². The molecule has 1 aliphatic carbocycles. The molecule has 0 bridgehead atoms. The molecule has 1 heterocycles. The molecule has 0 amide bonds. The number of fused-ring (bicyclic) bond motifs is 1. The zero-order valence-corrected chi connectivity index (χ0v) is 11.6. The number of anilines is 2. The van der Waals surface area contributed by atoms with Crippen LogP contribution in [0, 0.1) is 0 Å². The van der Waals surface area contributed by atoms with Gasteiger partial charge in [0.1, 0.15) is 0 Å². The monoisotopic (exact) mass is 303 g/mol. The average Bonchev–Trinajstić information content (AvgIpc) is 2.42. The molecule has 2 aromatic rings. The first-order valence-electron chi connectivity index (χ1n) is 6.18. The van der Waals surface area contributed by atoms with Crippen molar-refractivity contribution in [3.8, 4) is 0 Å². The Labute approximate surface area is 115 Å². The standard InChI is InChI=1S/C14H14BrN3/c15-11-8-16-14(17-9-11)18-13-7-3-5-10-4-1-2-6-12(10)13/h3,5,7-9H,1-2,4,6H2,(H,16,17,18). The molecule has 0 saturated heterocycles. The zero-order valence-electron chi connectivity index (χ0n) is 9.99. The maximum Gasteiger partial charge on any atom is 0.227 e. The lowest BCUT2D eigenvalue weighted by Gasteiger charge is -2.19. The highest BCUT2D eigenvalue weighted by Gasteiger charge is 2.13. The Morgan fingerprint density at radius 2 is 1.83 bits per heavy atom. The van der Waals surface area contributed by atoms with Crippen molar-refractivity contribution in [1.29, 1.82) is 0 Å². The summed E-state index contributed by atoms with van der Waals surface area (Å²) >= 11 is 3.34. The largest absolute Gasteiger partial charge is 0.324 e. The van der Waals surface area contributed by atoms with Crippen molar-refractivity contribution in [3.63, 3.8) is 0 Å². The second kappa shape index (κ2) is 5.06. The third-order valence-electron chi connectivity index (χ3n) is 3.26. The number of benzene rings is 1. The smallest absolute Gasteiger partial charge is 0.227 e. The molecule has 1 aromatic carbocycles. The molecule has 0 fully saturated rings. The van der Waals surface area contributed by atoms with Crippen LogP contribution >= 0.6 is 15.9 Å². The number of aromatic nitrogens is 2. The summed E-state index contributed by atoms with van der Waals surface area (Å²) in [5.41, 5.74) is 4.04. The molecule has 1 N–H and O–H groups in total. The van der Waals surface area contributed by atoms with Gasteiger partial charge in [-0.25, -0.2) is 9.97 Å². The van der Waals surface area contributed by atoms with E-state index in [9.17, 15) is 0 Å². The number of rotatable bonds is 2. The lowest BCUT2D eigenvalue weighted by atomic mass is 9.90. The van der Waals surface area contributed by atoms with E-state index in [0.717, 1.165) is 16.6 Å². The van der Waals surface area contributed by atoms with Gasteiger partial charge in [-0.15, -0.1) is 0 Å². The lowest BCUT2D eigenvalue weighted by Crippen LogP contribution is -2.07. The lowest BCUT2D eigenvalue weighted by molar-refractivity contribution is 0.687. The number of aryl methyl sites for hydroxylation is 1. The van der Waals surface area contributed by atoms with Crippen LogP contribution in [-0.4, -0.2) is 9.97 Å². The highest BCUT2D eigenvalue weighted by molar-refractivity contribution is 9.10. The van der Waals surface area contributed by atoms with Gasteiger partial charge in [-0.3, -0.25) is 0 Å². The number of halogens is 1. The highest BCUT2D eigenvalue weighted by Crippen LogP contribution is 2.29. The zero-order chi connectivity index (χ0) is 12.4. The molecule has 1 aromatic heterocycles. The van der Waals surface area contributed by atoms with Crippen LogP contribution in [-0.2, 0) is 12.8 Å². The Morgan fingerprint density at radius 1 is 1.06 bits per heavy atom. The molecule has 0 unspecified atom stereocenters. The Kier molecular flexibility index (Phi) is 3.28. The normalized spacial score (nSPS) is 14.1. The van der Waals surface area contributed by atoms with Crippen LogP contribution in [0.2, 0.25) is 0 Å². The third-order valence-corrected chi connectivity index (χ3v) is 3.67. The summed E-state index contributed by atoms with van der Waals surface area (Å²) in [7, 11) is 0. The maximum atomic E-state index is 4.25. The molecular weight excluding hydrogens is 290 g/mol. The molecule has 3 nitrogen and oxygen atoms in total. The summed E-state index contributed by atoms with van der Waals surface area (Å²) in [6.07, 6.45) is 8.41. The quantitative estimate of drug-likeness (QED) is 0.915. The van der Waals surface area contributed by atoms with Crippen LogP contribution in [0.25, 0.3) is 0 Å². The highest BCUT2D eigenvalue weighted by atomic mass is 79.9. The molecule has 0 atom stereocenters. The Hall–Kier alpha value is -1.42. The first-order chi connectivity index (χ1) is 8.83. The summed E-state index contributed by atoms with van der Waals surface area (Å²) in [5, 5.41) is 3.32. The van der Waals surface area contributed by atoms with E-state index in [0.29, 0.717) is 5.95 Å². The minimum absolute atomic E-state index is 0.650. The predicted molar refractivity (Wildman–Crippen MR) is 76.1 cm³/mol. The van der Waals surface area contributed by atoms with E-state index in [2.05, 4.69) is 49.4 Å². The van der Waals surface area contributed by atoms with Gasteiger partial charge in [0, 0.05) is 18.1 Å². The van der Waals surface area contributed by atoms with E-state index in [4.69, 9.17) is 0 Å². The van der Waals surface area contributed by atoms with E-state index in [1.54, 1.807) is 12.4 Å². The summed E-state index contributed by atoms with van der Waals surface area (Å²) in [5.74, 6) is 0.650. The maximum absolute atomic E-state index is 4.25. The molecule has 4 heteroatoms. The molecule has 0 radical (unpaired) electrons. The van der Waals surface area contributed by atoms with E-state index in [-0.39, 0.29) is 0 Å². The fraction of sp³-hybridized carbons (Fsp3) is 0.286. The van der Waals surface area contributed by atoms with Gasteiger partial charge in [0.05, 0.1) is 4.47 Å². The van der Waals surface area contributed by atoms with Crippen molar-refractivity contribution in [2.24, 2.45) is 0 Å². The first-order valence-corrected chi connectivity index (χ1v) is 6.97. The van der Waals surface area contributed by atoms with E-state index < -0.39 is 0 Å². The van der Waals surface area contributed by atoms with Crippen LogP contribution in [0.1, 0.15) is 24.0 Å². The molecule has 0 aliphatic heterocycles. The van der Waals surface area contributed by atoms with Crippen molar-refractivity contribution in [3.05, 3.63) is 46.2 Å². The van der Waals surface area contributed by atoms with Crippen molar-refractivity contribution >= 4 is 27.6 Å². The van der Waals surface area contributed by atoms with Gasteiger partial charge < -0.3 is 5.32 Å². The Bertz CT molecular complexity index is 551. The topological polar surface area (TPSA) is 37.8 Å². The number of nitrogens with zero attached hydrogens (tertiary/aromatic N) is 2. The number of nitrogens with one attached hydrogen (secondary N) is 1. The molecule has 92 valence electrons. The van der Waals surface area contributed by atoms with Gasteiger partial charge in [-0.1, -0.05) is 12.1 Å². The van der Waals surface area contributed by atoms with Gasteiger partial charge in [0.15, 0.2) is 0 Å². The number of hydrogen-bond acceptors (Lipinski definition) is 3. The van der Waals surface area contributed by atoms with Crippen molar-refractivity contribution in [2.75, 3.05) is 5.32 Å². The second-order valence-corrected chi connectivity index (χ2v) is 5.42. The fourth-order valence-corrected chi connectivity index (χ4v) is 2.60. The van der Waals surface area contributed by atoms with Gasteiger partial charge >= 0.3 is 0 Å². The fourth-order valence-electron chi connectivity index (χ4n) is 2.40. The van der Waals surface area contributed by atoms with Crippen molar-refractivity contribution in [1.82, 2.24) is 9.97 Å². The van der Waals surface area contributed by atoms with E-state index >= 15 is 0 Å². The first kappa shape index (κ1) is 11.7. The predicted octanol–water partition coefficient (Wildman–Crippen LogP) is 3.86. The molecule has 0 saturated carbocycles. The van der Waals surface area contributed by atoms with Gasteiger partial charge in [-0.05, 0) is 58.8 Å². The molecule has 0 spiro atoms. The molecule has 1 aliphatic rings. The Balaban J connectivity index is 1.90. The SMILES string of the molecule is Brc1cnc(Nc2cccc3c2CCCC3)nc1. The van der Waals surface area contributed by atoms with Crippen LogP contribution < -0.4 is 5.32 Å². The summed E-state index contributed by atoms with van der Waals surface area (Å²) in [6, 6.07) is 6.43. The summed E-state index contributed by atoms with van der Waals surface area (Å²) in [6.45, 7) is 0. The van der Waals surface area contributed by atoms with Crippen LogP contribution in [0.5, 0.6) is 0 Å². The molecule has 3 rings (SSSR count). The minimum Gasteiger partial charge on any atom is -0.324 e. The average molecular weight is 304 g/mol. The summed E-state index contributed by atoms with van der Waals surface area (Å²) in [4.78, 5) is 8.51. The second-order valence-electron chi connectivity index (χ2n) is 4.50. The van der Waals surface area contributed by atoms with E-state index in [1.165, 1.54) is 30.4 Å². The van der Waals surface area contributed by atoms with Crippen molar-refractivity contribution < 1.29 is 0 Å². The molecular formula is C14H14BrN3. The minimum atomic E-state index is 0.650. The molecule has 18 heavy (non-hydrogen) atoms. The third kappa shape index (κ3) is 2.38. The van der Waals surface area contributed by atoms with Gasteiger partial charge in [-0.2, -0.15) is 0 Å². The number of hydrogen-bond donors (Lipinski definition) is 1. The van der Waals surface area contributed by atoms with Gasteiger partial charge in [0.2, 0.25) is 5.95 Å². The van der Waals surface area contributed by atoms with Crippen LogP contribution in [0.15, 0.2) is 35.1 Å². The van der Waals surface area contributed by atoms with Crippen LogP contribution in [0.3, 0.4) is 0 Å². The summed E-state index contributed by atoms with van der Waals surface area (Å²) < 4.78 is 0.892. The van der Waals surface area contributed by atoms with Crippen LogP contribution in [0.4, 0.5) is 11.6 Å².